The molecule has 4 aliphatic carbocycles. The summed E-state index contributed by atoms with van der Waals surface area (Å²) in [4.78, 5) is 121. The van der Waals surface area contributed by atoms with Crippen molar-refractivity contribution >= 4 is 89.3 Å². The molecule has 5 N–H and O–H groups in total. The van der Waals surface area contributed by atoms with Gasteiger partial charge in [0.05, 0.1) is 39.8 Å². The topological polar surface area (TPSA) is 269 Å². The molecule has 4 saturated carbocycles. The second-order valence-electron chi connectivity index (χ2n) is 26.8. The molecule has 0 unspecified atom stereocenters. The van der Waals surface area contributed by atoms with E-state index < -0.39 is 121 Å². The van der Waals surface area contributed by atoms with Crippen molar-refractivity contribution in [2.75, 3.05) is 32.2 Å². The zero-order chi connectivity index (χ0) is 62.1. The molecule has 464 valence electrons. The second kappa shape index (κ2) is 31.2. The van der Waals surface area contributed by atoms with Gasteiger partial charge in [0, 0.05) is 48.8 Å². The average molecular weight is 1220 g/mol. The zero-order valence-electron chi connectivity index (χ0n) is 51.8. The number of benzene rings is 2. The molecular formula is C61H93N5O15Si3. The Morgan fingerprint density at radius 3 is 1.57 bits per heavy atom. The van der Waals surface area contributed by atoms with Gasteiger partial charge in [0.15, 0.2) is 0 Å². The lowest BCUT2D eigenvalue weighted by Gasteiger charge is -2.51. The van der Waals surface area contributed by atoms with Crippen LogP contribution in [0.25, 0.3) is 5.76 Å². The highest BCUT2D eigenvalue weighted by atomic mass is 28.3. The number of hydrogen-bond donors (Lipinski definition) is 5. The Labute approximate surface area is 499 Å². The molecule has 4 aliphatic rings. The molecule has 5 amide bonds. The van der Waals surface area contributed by atoms with E-state index in [1.54, 1.807) is 57.4 Å². The maximum atomic E-state index is 14.3. The molecule has 2 aromatic rings. The maximum Gasteiger partial charge on any atom is 0.514 e. The van der Waals surface area contributed by atoms with Gasteiger partial charge >= 0.3 is 24.1 Å². The Kier molecular flexibility index (Phi) is 25.4. The second-order valence-corrected chi connectivity index (χ2v) is 43.7. The molecule has 4 atom stereocenters. The summed E-state index contributed by atoms with van der Waals surface area (Å²) in [5.41, 5.74) is 3.08. The van der Waals surface area contributed by atoms with Gasteiger partial charge in [-0.2, -0.15) is 0 Å². The summed E-state index contributed by atoms with van der Waals surface area (Å²) in [6.45, 7) is 23.7. The van der Waals surface area contributed by atoms with E-state index in [-0.39, 0.29) is 45.0 Å². The number of rotatable bonds is 31. The quantitative estimate of drug-likeness (QED) is 0.0155. The number of carbonyl (C=O) groups is 9. The smallest absolute Gasteiger partial charge is 0.496 e. The lowest BCUT2D eigenvalue weighted by molar-refractivity contribution is -0.146. The molecule has 4 bridgehead atoms. The van der Waals surface area contributed by atoms with Crippen LogP contribution in [0.5, 0.6) is 5.75 Å². The van der Waals surface area contributed by atoms with Crippen molar-refractivity contribution < 1.29 is 71.6 Å². The Morgan fingerprint density at radius 2 is 1.07 bits per heavy atom. The van der Waals surface area contributed by atoms with Crippen molar-refractivity contribution in [3.05, 3.63) is 65.2 Å². The summed E-state index contributed by atoms with van der Waals surface area (Å²) in [5, 5.41) is 13.0. The fraction of sp³-hybridized carbons (Fsp3) is 0.623. The van der Waals surface area contributed by atoms with Crippen LogP contribution >= 0.6 is 0 Å². The predicted molar refractivity (Wildman–Crippen MR) is 327 cm³/mol. The van der Waals surface area contributed by atoms with Crippen LogP contribution in [0.2, 0.25) is 77.1 Å². The van der Waals surface area contributed by atoms with E-state index in [1.165, 1.54) is 37.7 Å². The lowest BCUT2D eigenvalue weighted by atomic mass is 9.54. The molecule has 6 rings (SSSR count). The van der Waals surface area contributed by atoms with Gasteiger partial charge < -0.3 is 55.0 Å². The van der Waals surface area contributed by atoms with E-state index in [4.69, 9.17) is 28.4 Å². The lowest BCUT2D eigenvalue weighted by Crippen LogP contribution is -2.59. The van der Waals surface area contributed by atoms with Crippen LogP contribution in [0.4, 0.5) is 10.5 Å². The van der Waals surface area contributed by atoms with Crippen LogP contribution in [0.1, 0.15) is 89.7 Å². The third-order valence-corrected chi connectivity index (χ3v) is 20.4. The number of anilines is 1. The summed E-state index contributed by atoms with van der Waals surface area (Å²) < 4.78 is 33.5. The van der Waals surface area contributed by atoms with Crippen LogP contribution in [0.15, 0.2) is 54.1 Å². The standard InChI is InChI=1S/C61H93N5O15Si3/c1-38(2)55(66-57(71)48(21-22-51(68)77-23-26-82(5,6)7)64-59(73)49(62-39(3)67)35-52(69)78-24-27-83(8,9)10)60(74)65-50(36-53(70)79-25-28-84(11,12)13)58(72)63-46-19-17-40(18-20-46)37-80-61(75)81-47-16-14-15-43(34-47)56(76-4)54-44-30-41-29-42(32-44)33-45(54)31-41/h14-20,34,38,41-42,44-45,48-50,55H,21-33,35-37H2,1-13H3,(H,62,67)(H,63,72)(H,64,73)(H,65,74)(H,66,71)/t41?,42?,44?,45?,48-,49-,50-,55-/m0/s1. The fourth-order valence-electron chi connectivity index (χ4n) is 10.8. The minimum atomic E-state index is -1.63. The molecule has 0 radical (unpaired) electrons. The van der Waals surface area contributed by atoms with Crippen molar-refractivity contribution in [3.63, 3.8) is 0 Å². The summed E-state index contributed by atoms with van der Waals surface area (Å²) in [6, 6.07) is 9.81. The van der Waals surface area contributed by atoms with Gasteiger partial charge in [0.2, 0.25) is 29.5 Å². The zero-order valence-corrected chi connectivity index (χ0v) is 54.8. The van der Waals surface area contributed by atoms with Crippen molar-refractivity contribution in [2.24, 2.45) is 29.6 Å². The van der Waals surface area contributed by atoms with E-state index >= 15 is 0 Å². The van der Waals surface area contributed by atoms with Gasteiger partial charge in [0.1, 0.15) is 42.3 Å². The van der Waals surface area contributed by atoms with Gasteiger partial charge in [-0.25, -0.2) is 4.79 Å². The number of carbonyl (C=O) groups excluding carboxylic acids is 9. The highest BCUT2D eigenvalue weighted by Gasteiger charge is 2.47. The van der Waals surface area contributed by atoms with Crippen molar-refractivity contribution in [2.45, 2.75) is 186 Å². The SMILES string of the molecule is COC(=C1C2CC3CC(C2)CC1C3)c1cccc(OC(=O)OCc2ccc(NC(=O)[C@H](CC(=O)OCC[Si](C)(C)C)NC(=O)[C@@H](NC(=O)[C@H](CCC(=O)OCC[Si](C)(C)C)NC(=O)[C@H](CC(=O)OCC[Si](C)(C)C)NC(C)=O)C(C)C)cc2)c1. The summed E-state index contributed by atoms with van der Waals surface area (Å²) >= 11 is 0. The van der Waals surface area contributed by atoms with E-state index in [9.17, 15) is 43.2 Å². The fourth-order valence-corrected chi connectivity index (χ4v) is 12.9. The van der Waals surface area contributed by atoms with Crippen molar-refractivity contribution in [1.29, 1.82) is 0 Å². The monoisotopic (exact) mass is 1220 g/mol. The average Bonchev–Trinajstić information content (AvgIpc) is 0.997. The van der Waals surface area contributed by atoms with Crippen molar-refractivity contribution in [1.82, 2.24) is 21.3 Å². The number of amides is 5. The Balaban J connectivity index is 1.26. The third-order valence-electron chi connectivity index (χ3n) is 15.3. The van der Waals surface area contributed by atoms with E-state index in [0.29, 0.717) is 41.3 Å². The molecule has 0 heterocycles. The van der Waals surface area contributed by atoms with Gasteiger partial charge in [-0.15, -0.1) is 0 Å². The first-order chi connectivity index (χ1) is 39.3. The van der Waals surface area contributed by atoms with Crippen LogP contribution in [0, 0.1) is 29.6 Å². The molecule has 0 aliphatic heterocycles. The predicted octanol–water partition coefficient (Wildman–Crippen LogP) is 8.97. The van der Waals surface area contributed by atoms with E-state index in [1.807, 2.05) is 12.1 Å². The highest BCUT2D eigenvalue weighted by molar-refractivity contribution is 6.76. The summed E-state index contributed by atoms with van der Waals surface area (Å²) in [5.74, 6) is -3.05. The molecule has 0 saturated heterocycles. The molecule has 23 heteroatoms. The van der Waals surface area contributed by atoms with Crippen LogP contribution in [0.3, 0.4) is 0 Å². The summed E-state index contributed by atoms with van der Waals surface area (Å²) in [6.07, 6.45) is 3.49. The van der Waals surface area contributed by atoms with Crippen molar-refractivity contribution in [3.8, 4) is 5.75 Å². The number of allylic oxidation sites excluding steroid dienone is 1. The van der Waals surface area contributed by atoms with E-state index in [2.05, 4.69) is 85.5 Å². The molecule has 84 heavy (non-hydrogen) atoms. The Bertz CT molecular complexity index is 2650. The van der Waals surface area contributed by atoms with Gasteiger partial charge in [-0.1, -0.05) is 97.0 Å². The highest BCUT2D eigenvalue weighted by Crippen LogP contribution is 2.58. The minimum absolute atomic E-state index is 0.112. The molecule has 4 fully saturated rings. The largest absolute Gasteiger partial charge is 0.514 e. The van der Waals surface area contributed by atoms with Crippen LogP contribution < -0.4 is 31.3 Å². The number of ether oxygens (including phenoxy) is 6. The minimum Gasteiger partial charge on any atom is -0.496 e. The van der Waals surface area contributed by atoms with Gasteiger partial charge in [-0.05, 0) is 122 Å². The molecule has 0 spiro atoms. The van der Waals surface area contributed by atoms with Gasteiger partial charge in [-0.3, -0.25) is 38.4 Å². The number of hydrogen-bond acceptors (Lipinski definition) is 15. The number of methoxy groups -OCH3 is 1. The maximum absolute atomic E-state index is 14.3. The first-order valence-corrected chi connectivity index (χ1v) is 40.7. The number of nitrogens with one attached hydrogen (secondary N) is 5. The first kappa shape index (κ1) is 68.4. The molecule has 20 nitrogen and oxygen atoms in total. The van der Waals surface area contributed by atoms with Gasteiger partial charge in [0.25, 0.3) is 0 Å². The van der Waals surface area contributed by atoms with E-state index in [0.717, 1.165) is 30.1 Å². The Hall–Kier alpha value is -6.34. The first-order valence-electron chi connectivity index (χ1n) is 29.6. The molecular weight excluding hydrogens is 1130 g/mol. The van der Waals surface area contributed by atoms with Crippen LogP contribution in [-0.2, 0) is 68.6 Å². The molecule has 0 aromatic heterocycles. The Morgan fingerprint density at radius 1 is 0.571 bits per heavy atom. The number of esters is 3. The molecule has 2 aromatic carbocycles. The summed E-state index contributed by atoms with van der Waals surface area (Å²) in [7, 11) is -3.09. The van der Waals surface area contributed by atoms with Crippen LogP contribution in [-0.4, -0.2) is 129 Å². The normalized spacial score (nSPS) is 18.7. The third kappa shape index (κ3) is 23.3.